The second kappa shape index (κ2) is 4.76. The second-order valence-electron chi connectivity index (χ2n) is 5.65. The van der Waals surface area contributed by atoms with Crippen LogP contribution < -0.4 is 5.73 Å². The van der Waals surface area contributed by atoms with Gasteiger partial charge in [0.1, 0.15) is 0 Å². The average Bonchev–Trinajstić information content (AvgIpc) is 2.23. The molecule has 0 unspecified atom stereocenters. The van der Waals surface area contributed by atoms with E-state index in [1.165, 1.54) is 6.42 Å². The van der Waals surface area contributed by atoms with Crippen LogP contribution in [0, 0.1) is 11.3 Å². The molecule has 2 rings (SSSR count). The highest BCUT2D eigenvalue weighted by atomic mass is 19.4. The highest BCUT2D eigenvalue weighted by molar-refractivity contribution is 4.92. The van der Waals surface area contributed by atoms with E-state index in [2.05, 4.69) is 4.90 Å². The van der Waals surface area contributed by atoms with Crippen LogP contribution >= 0.6 is 0 Å². The maximum atomic E-state index is 12.5. The lowest BCUT2D eigenvalue weighted by molar-refractivity contribution is -0.186. The standard InChI is InChI=1S/C12H21F3N2/c13-12(14,15)10-2-6-17(7-3-10)9-11(8-16)4-1-5-11/h10H,1-9,16H2. The van der Waals surface area contributed by atoms with Gasteiger partial charge in [-0.1, -0.05) is 6.42 Å². The first-order valence-electron chi connectivity index (χ1n) is 6.44. The zero-order valence-corrected chi connectivity index (χ0v) is 10.1. The molecule has 17 heavy (non-hydrogen) atoms. The predicted molar refractivity (Wildman–Crippen MR) is 60.6 cm³/mol. The first-order chi connectivity index (χ1) is 7.95. The zero-order chi connectivity index (χ0) is 12.5. The van der Waals surface area contributed by atoms with Crippen LogP contribution in [-0.4, -0.2) is 37.3 Å². The lowest BCUT2D eigenvalue weighted by atomic mass is 9.68. The summed E-state index contributed by atoms with van der Waals surface area (Å²) in [5.74, 6) is -1.09. The molecule has 1 aliphatic heterocycles. The molecule has 0 bridgehead atoms. The fourth-order valence-electron chi connectivity index (χ4n) is 3.00. The molecule has 0 spiro atoms. The van der Waals surface area contributed by atoms with Crippen LogP contribution in [0.15, 0.2) is 0 Å². The Morgan fingerprint density at radius 2 is 1.76 bits per heavy atom. The molecule has 0 amide bonds. The van der Waals surface area contributed by atoms with E-state index in [0.717, 1.165) is 19.4 Å². The number of likely N-dealkylation sites (tertiary alicyclic amines) is 1. The number of nitrogens with zero attached hydrogens (tertiary/aromatic N) is 1. The third-order valence-electron chi connectivity index (χ3n) is 4.46. The summed E-state index contributed by atoms with van der Waals surface area (Å²) in [5.41, 5.74) is 5.99. The lowest BCUT2D eigenvalue weighted by Gasteiger charge is -2.46. The maximum absolute atomic E-state index is 12.5. The number of piperidine rings is 1. The van der Waals surface area contributed by atoms with Gasteiger partial charge in [0.2, 0.25) is 0 Å². The van der Waals surface area contributed by atoms with Crippen molar-refractivity contribution in [1.29, 1.82) is 0 Å². The van der Waals surface area contributed by atoms with Gasteiger partial charge in [0.25, 0.3) is 0 Å². The van der Waals surface area contributed by atoms with Crippen molar-refractivity contribution in [3.8, 4) is 0 Å². The normalized spacial score (nSPS) is 26.8. The van der Waals surface area contributed by atoms with E-state index in [0.29, 0.717) is 19.6 Å². The van der Waals surface area contributed by atoms with Crippen molar-refractivity contribution in [3.05, 3.63) is 0 Å². The molecule has 100 valence electrons. The average molecular weight is 250 g/mol. The Morgan fingerprint density at radius 1 is 1.18 bits per heavy atom. The van der Waals surface area contributed by atoms with Gasteiger partial charge >= 0.3 is 6.18 Å². The van der Waals surface area contributed by atoms with Gasteiger partial charge in [0.15, 0.2) is 0 Å². The molecule has 2 nitrogen and oxygen atoms in total. The van der Waals surface area contributed by atoms with Gasteiger partial charge < -0.3 is 10.6 Å². The van der Waals surface area contributed by atoms with Crippen molar-refractivity contribution >= 4 is 0 Å². The highest BCUT2D eigenvalue weighted by Gasteiger charge is 2.43. The molecule has 2 fully saturated rings. The first kappa shape index (κ1) is 13.1. The molecule has 0 radical (unpaired) electrons. The van der Waals surface area contributed by atoms with Gasteiger partial charge in [-0.2, -0.15) is 13.2 Å². The van der Waals surface area contributed by atoms with Crippen LogP contribution in [0.1, 0.15) is 32.1 Å². The summed E-state index contributed by atoms with van der Waals surface area (Å²) < 4.78 is 37.5. The number of alkyl halides is 3. The van der Waals surface area contributed by atoms with Crippen molar-refractivity contribution in [3.63, 3.8) is 0 Å². The van der Waals surface area contributed by atoms with E-state index < -0.39 is 12.1 Å². The van der Waals surface area contributed by atoms with Crippen LogP contribution in [0.2, 0.25) is 0 Å². The Hall–Kier alpha value is -0.290. The number of hydrogen-bond acceptors (Lipinski definition) is 2. The molecule has 2 N–H and O–H groups in total. The van der Waals surface area contributed by atoms with Crippen LogP contribution in [0.4, 0.5) is 13.2 Å². The fourth-order valence-corrected chi connectivity index (χ4v) is 3.00. The molecule has 1 aliphatic carbocycles. The minimum atomic E-state index is -4.01. The van der Waals surface area contributed by atoms with Gasteiger partial charge in [-0.25, -0.2) is 0 Å². The summed E-state index contributed by atoms with van der Waals surface area (Å²) in [6.45, 7) is 2.72. The molecule has 0 aromatic carbocycles. The van der Waals surface area contributed by atoms with Crippen molar-refractivity contribution < 1.29 is 13.2 Å². The van der Waals surface area contributed by atoms with E-state index in [9.17, 15) is 13.2 Å². The third-order valence-corrected chi connectivity index (χ3v) is 4.46. The van der Waals surface area contributed by atoms with Gasteiger partial charge in [0.05, 0.1) is 5.92 Å². The molecule has 5 heteroatoms. The quantitative estimate of drug-likeness (QED) is 0.833. The Kier molecular flexibility index (Phi) is 3.69. The van der Waals surface area contributed by atoms with Gasteiger partial charge in [-0.15, -0.1) is 0 Å². The monoisotopic (exact) mass is 250 g/mol. The van der Waals surface area contributed by atoms with Gasteiger partial charge in [0, 0.05) is 6.54 Å². The first-order valence-corrected chi connectivity index (χ1v) is 6.44. The Balaban J connectivity index is 1.79. The highest BCUT2D eigenvalue weighted by Crippen LogP contribution is 2.42. The van der Waals surface area contributed by atoms with Crippen LogP contribution in [0.5, 0.6) is 0 Å². The van der Waals surface area contributed by atoms with E-state index in [1.54, 1.807) is 0 Å². The molecule has 0 aromatic heterocycles. The van der Waals surface area contributed by atoms with E-state index in [4.69, 9.17) is 5.73 Å². The SMILES string of the molecule is NCC1(CN2CCC(C(F)(F)F)CC2)CCC1. The zero-order valence-electron chi connectivity index (χ0n) is 10.1. The Morgan fingerprint density at radius 3 is 2.12 bits per heavy atom. The Labute approximate surface area is 100 Å². The smallest absolute Gasteiger partial charge is 0.330 e. The van der Waals surface area contributed by atoms with Crippen LogP contribution in [0.25, 0.3) is 0 Å². The molecule has 2 aliphatic rings. The van der Waals surface area contributed by atoms with Crippen LogP contribution in [0.3, 0.4) is 0 Å². The minimum absolute atomic E-state index is 0.213. The van der Waals surface area contributed by atoms with Crippen molar-refractivity contribution in [2.45, 2.75) is 38.3 Å². The molecule has 0 atom stereocenters. The summed E-state index contributed by atoms with van der Waals surface area (Å²) >= 11 is 0. The predicted octanol–water partition coefficient (Wildman–Crippen LogP) is 2.39. The molecule has 1 saturated heterocycles. The summed E-state index contributed by atoms with van der Waals surface area (Å²) in [6, 6.07) is 0. The molecule has 1 heterocycles. The topological polar surface area (TPSA) is 29.3 Å². The molecule has 1 saturated carbocycles. The molecule has 0 aromatic rings. The van der Waals surface area contributed by atoms with E-state index >= 15 is 0 Å². The van der Waals surface area contributed by atoms with Crippen LogP contribution in [-0.2, 0) is 0 Å². The summed E-state index contributed by atoms with van der Waals surface area (Å²) in [5, 5.41) is 0. The van der Waals surface area contributed by atoms with Crippen molar-refractivity contribution in [1.82, 2.24) is 4.90 Å². The third kappa shape index (κ3) is 2.94. The van der Waals surface area contributed by atoms with Gasteiger partial charge in [-0.05, 0) is 50.7 Å². The number of rotatable bonds is 3. The number of halogens is 3. The van der Waals surface area contributed by atoms with Gasteiger partial charge in [-0.3, -0.25) is 0 Å². The molecular formula is C12H21F3N2. The minimum Gasteiger partial charge on any atom is -0.330 e. The number of hydrogen-bond donors (Lipinski definition) is 1. The summed E-state index contributed by atoms with van der Waals surface area (Å²) in [7, 11) is 0. The maximum Gasteiger partial charge on any atom is 0.391 e. The largest absolute Gasteiger partial charge is 0.391 e. The summed E-state index contributed by atoms with van der Waals surface area (Å²) in [6.07, 6.45) is 0.00400. The van der Waals surface area contributed by atoms with Crippen molar-refractivity contribution in [2.75, 3.05) is 26.2 Å². The Bertz CT molecular complexity index is 247. The van der Waals surface area contributed by atoms with E-state index in [-0.39, 0.29) is 18.3 Å². The summed E-state index contributed by atoms with van der Waals surface area (Å²) in [4.78, 5) is 2.17. The fraction of sp³-hybridized carbons (Fsp3) is 1.00. The molecular weight excluding hydrogens is 229 g/mol. The second-order valence-corrected chi connectivity index (χ2v) is 5.65. The van der Waals surface area contributed by atoms with E-state index in [1.807, 2.05) is 0 Å². The lowest BCUT2D eigenvalue weighted by Crippen LogP contribution is -2.50. The number of nitrogens with two attached hydrogens (primary N) is 1. The van der Waals surface area contributed by atoms with Crippen molar-refractivity contribution in [2.24, 2.45) is 17.1 Å².